The van der Waals surface area contributed by atoms with Crippen molar-refractivity contribution in [2.24, 2.45) is 0 Å². The van der Waals surface area contributed by atoms with E-state index in [-0.39, 0.29) is 47.1 Å². The van der Waals surface area contributed by atoms with E-state index >= 15 is 0 Å². The van der Waals surface area contributed by atoms with Crippen molar-refractivity contribution in [3.63, 3.8) is 0 Å². The van der Waals surface area contributed by atoms with Gasteiger partial charge < -0.3 is 19.6 Å². The number of hydrogen-bond donors (Lipinski definition) is 1. The molecule has 0 radical (unpaired) electrons. The van der Waals surface area contributed by atoms with E-state index < -0.39 is 11.9 Å². The zero-order valence-corrected chi connectivity index (χ0v) is 16.6. The number of furan rings is 1. The molecule has 1 aromatic carbocycles. The van der Waals surface area contributed by atoms with Gasteiger partial charge in [0.15, 0.2) is 12.4 Å². The fraction of sp³-hybridized carbons (Fsp3) is 0.211. The Bertz CT molecular complexity index is 1270. The summed E-state index contributed by atoms with van der Waals surface area (Å²) in [5, 5.41) is 11.2. The first-order valence-corrected chi connectivity index (χ1v) is 9.21. The van der Waals surface area contributed by atoms with E-state index in [0.717, 1.165) is 0 Å². The quantitative estimate of drug-likeness (QED) is 0.448. The van der Waals surface area contributed by atoms with Gasteiger partial charge in [-0.05, 0) is 36.4 Å². The van der Waals surface area contributed by atoms with E-state index in [0.29, 0.717) is 11.4 Å². The third-order valence-corrected chi connectivity index (χ3v) is 4.33. The fourth-order valence-corrected chi connectivity index (χ4v) is 3.02. The van der Waals surface area contributed by atoms with E-state index in [1.165, 1.54) is 11.0 Å². The van der Waals surface area contributed by atoms with Gasteiger partial charge in [-0.15, -0.1) is 5.10 Å². The molecule has 0 aliphatic rings. The minimum atomic E-state index is -0.629. The molecule has 158 valence electrons. The van der Waals surface area contributed by atoms with Crippen LogP contribution in [0.2, 0.25) is 0 Å². The molecule has 0 saturated carbocycles. The number of para-hydroxylation sites is 1. The van der Waals surface area contributed by atoms with Gasteiger partial charge in [-0.25, -0.2) is 14.6 Å². The number of nitrogens with zero attached hydrogens (tertiary/aromatic N) is 6. The molecule has 0 amide bonds. The SMILES string of the molecule is CCOC(=O)c1c(C)oc2nc(COC(=O)c3ccccc3-n3cnnn3)nc(N)c12. The minimum absolute atomic E-state index is 0.0186. The number of esters is 2. The topological polar surface area (TPSA) is 161 Å². The first-order chi connectivity index (χ1) is 15.0. The number of hydrogen-bond acceptors (Lipinski definition) is 11. The van der Waals surface area contributed by atoms with Gasteiger partial charge in [0.2, 0.25) is 5.71 Å². The fourth-order valence-electron chi connectivity index (χ4n) is 3.02. The molecule has 12 nitrogen and oxygen atoms in total. The maximum atomic E-state index is 12.6. The van der Waals surface area contributed by atoms with Gasteiger partial charge >= 0.3 is 11.9 Å². The molecule has 0 bridgehead atoms. The van der Waals surface area contributed by atoms with Crippen molar-refractivity contribution in [3.8, 4) is 5.69 Å². The highest BCUT2D eigenvalue weighted by molar-refractivity contribution is 6.07. The molecular weight excluding hydrogens is 406 g/mol. The summed E-state index contributed by atoms with van der Waals surface area (Å²) in [6.07, 6.45) is 1.37. The van der Waals surface area contributed by atoms with Crippen molar-refractivity contribution in [1.82, 2.24) is 30.2 Å². The van der Waals surface area contributed by atoms with Crippen molar-refractivity contribution in [2.75, 3.05) is 12.3 Å². The van der Waals surface area contributed by atoms with Gasteiger partial charge in [0, 0.05) is 0 Å². The third-order valence-electron chi connectivity index (χ3n) is 4.33. The molecule has 0 aliphatic heterocycles. The van der Waals surface area contributed by atoms with E-state index in [9.17, 15) is 9.59 Å². The standard InChI is InChI=1S/C19H17N7O5/c1-3-29-19(28)14-10(2)31-17-15(14)16(20)22-13(23-17)8-30-18(27)11-6-4-5-7-12(11)26-9-21-24-25-26/h4-7,9H,3,8H2,1-2H3,(H2,20,22,23). The predicted molar refractivity (Wildman–Crippen MR) is 105 cm³/mol. The smallest absolute Gasteiger partial charge is 0.342 e. The predicted octanol–water partition coefficient (Wildman–Crippen LogP) is 1.62. The number of rotatable bonds is 6. The molecule has 4 rings (SSSR count). The highest BCUT2D eigenvalue weighted by atomic mass is 16.5. The summed E-state index contributed by atoms with van der Waals surface area (Å²) in [5.74, 6) is -0.768. The molecule has 3 heterocycles. The molecule has 0 atom stereocenters. The van der Waals surface area contributed by atoms with Crippen LogP contribution in [0.1, 0.15) is 39.2 Å². The van der Waals surface area contributed by atoms with Gasteiger partial charge in [-0.3, -0.25) is 0 Å². The second-order valence-corrected chi connectivity index (χ2v) is 6.31. The molecule has 0 saturated heterocycles. The summed E-state index contributed by atoms with van der Waals surface area (Å²) in [4.78, 5) is 33.2. The van der Waals surface area contributed by atoms with E-state index in [1.54, 1.807) is 38.1 Å². The molecule has 2 N–H and O–H groups in total. The van der Waals surface area contributed by atoms with E-state index in [2.05, 4.69) is 25.5 Å². The normalized spacial score (nSPS) is 10.9. The lowest BCUT2D eigenvalue weighted by Crippen LogP contribution is -2.12. The largest absolute Gasteiger partial charge is 0.462 e. The summed E-state index contributed by atoms with van der Waals surface area (Å²) in [5.41, 5.74) is 7.01. The second kappa shape index (κ2) is 8.18. The first-order valence-electron chi connectivity index (χ1n) is 9.21. The van der Waals surface area contributed by atoms with Gasteiger partial charge in [0.25, 0.3) is 0 Å². The molecule has 4 aromatic rings. The molecule has 0 unspecified atom stereocenters. The van der Waals surface area contributed by atoms with Crippen LogP contribution in [0, 0.1) is 6.92 Å². The van der Waals surface area contributed by atoms with E-state index in [4.69, 9.17) is 19.6 Å². The summed E-state index contributed by atoms with van der Waals surface area (Å²) in [6.45, 7) is 3.23. The number of carbonyl (C=O) groups is 2. The summed E-state index contributed by atoms with van der Waals surface area (Å²) >= 11 is 0. The van der Waals surface area contributed by atoms with Crippen LogP contribution in [0.25, 0.3) is 16.8 Å². The van der Waals surface area contributed by atoms with Gasteiger partial charge in [-0.2, -0.15) is 9.67 Å². The lowest BCUT2D eigenvalue weighted by molar-refractivity contribution is 0.0461. The van der Waals surface area contributed by atoms with Crippen LogP contribution in [-0.4, -0.2) is 48.7 Å². The van der Waals surface area contributed by atoms with Crippen molar-refractivity contribution >= 4 is 28.9 Å². The Morgan fingerprint density at radius 2 is 1.97 bits per heavy atom. The summed E-state index contributed by atoms with van der Waals surface area (Å²) in [6, 6.07) is 6.69. The van der Waals surface area contributed by atoms with E-state index in [1.807, 2.05) is 0 Å². The number of tetrazole rings is 1. The number of aromatic nitrogens is 6. The van der Waals surface area contributed by atoms with Crippen LogP contribution >= 0.6 is 0 Å². The Morgan fingerprint density at radius 1 is 1.16 bits per heavy atom. The van der Waals surface area contributed by atoms with Gasteiger partial charge in [-0.1, -0.05) is 12.1 Å². The number of nitrogens with two attached hydrogens (primary N) is 1. The summed E-state index contributed by atoms with van der Waals surface area (Å²) in [7, 11) is 0. The number of fused-ring (bicyclic) bond motifs is 1. The Hall–Kier alpha value is -4.35. The van der Waals surface area contributed by atoms with Gasteiger partial charge in [0.1, 0.15) is 23.5 Å². The van der Waals surface area contributed by atoms with Crippen molar-refractivity contribution in [3.05, 3.63) is 53.3 Å². The molecule has 12 heteroatoms. The number of ether oxygens (including phenoxy) is 2. The number of anilines is 1. The molecule has 0 aliphatic carbocycles. The Balaban J connectivity index is 1.58. The molecule has 31 heavy (non-hydrogen) atoms. The Morgan fingerprint density at radius 3 is 2.71 bits per heavy atom. The van der Waals surface area contributed by atoms with Gasteiger partial charge in [0.05, 0.1) is 23.2 Å². The molecule has 0 fully saturated rings. The molecule has 3 aromatic heterocycles. The number of aryl methyl sites for hydroxylation is 1. The average Bonchev–Trinajstić information content (AvgIpc) is 3.40. The number of carbonyl (C=O) groups excluding carboxylic acids is 2. The maximum absolute atomic E-state index is 12.6. The van der Waals surface area contributed by atoms with Crippen molar-refractivity contribution < 1.29 is 23.5 Å². The van der Waals surface area contributed by atoms with Crippen molar-refractivity contribution in [1.29, 1.82) is 0 Å². The Labute approximate surface area is 175 Å². The molecule has 0 spiro atoms. The van der Waals surface area contributed by atoms with Crippen LogP contribution in [0.5, 0.6) is 0 Å². The van der Waals surface area contributed by atoms with Crippen LogP contribution in [0.4, 0.5) is 5.82 Å². The lowest BCUT2D eigenvalue weighted by atomic mass is 10.2. The van der Waals surface area contributed by atoms with Crippen LogP contribution in [-0.2, 0) is 16.1 Å². The average molecular weight is 423 g/mol. The maximum Gasteiger partial charge on any atom is 0.342 e. The minimum Gasteiger partial charge on any atom is -0.462 e. The number of benzene rings is 1. The van der Waals surface area contributed by atoms with Crippen molar-refractivity contribution in [2.45, 2.75) is 20.5 Å². The number of nitrogen functional groups attached to an aromatic ring is 1. The highest BCUT2D eigenvalue weighted by Crippen LogP contribution is 2.29. The summed E-state index contributed by atoms with van der Waals surface area (Å²) < 4.78 is 17.3. The van der Waals surface area contributed by atoms with Crippen LogP contribution in [0.3, 0.4) is 0 Å². The lowest BCUT2D eigenvalue weighted by Gasteiger charge is -2.08. The Kier molecular flexibility index (Phi) is 5.26. The molecular formula is C19H17N7O5. The van der Waals surface area contributed by atoms with Crippen LogP contribution in [0.15, 0.2) is 35.0 Å². The second-order valence-electron chi connectivity index (χ2n) is 6.31. The first kappa shape index (κ1) is 19.9. The van der Waals surface area contributed by atoms with Crippen LogP contribution < -0.4 is 5.73 Å². The monoisotopic (exact) mass is 423 g/mol. The third kappa shape index (κ3) is 3.77. The zero-order chi connectivity index (χ0) is 22.0. The zero-order valence-electron chi connectivity index (χ0n) is 16.6. The highest BCUT2D eigenvalue weighted by Gasteiger charge is 2.24.